The number of carbonyl (C=O) groups excluding carboxylic acids is 2. The van der Waals surface area contributed by atoms with Gasteiger partial charge in [0, 0.05) is 48.7 Å². The van der Waals surface area contributed by atoms with Crippen LogP contribution < -0.4 is 15.4 Å². The second-order valence-corrected chi connectivity index (χ2v) is 13.2. The van der Waals surface area contributed by atoms with Crippen molar-refractivity contribution in [2.75, 3.05) is 72.9 Å². The molecule has 1 aliphatic rings. The van der Waals surface area contributed by atoms with Crippen LogP contribution in [0.4, 0.5) is 0 Å². The number of amides is 2. The van der Waals surface area contributed by atoms with Crippen molar-refractivity contribution in [3.8, 4) is 0 Å². The summed E-state index contributed by atoms with van der Waals surface area (Å²) < 4.78 is 44.2. The molecule has 0 spiro atoms. The van der Waals surface area contributed by atoms with E-state index in [1.807, 2.05) is 25.2 Å². The monoisotopic (exact) mass is 704 g/mol. The number of benzene rings is 2. The highest BCUT2D eigenvalue weighted by molar-refractivity contribution is 7.89. The molecule has 0 bridgehead atoms. The van der Waals surface area contributed by atoms with Crippen LogP contribution in [-0.2, 0) is 40.4 Å². The van der Waals surface area contributed by atoms with E-state index in [1.165, 1.54) is 0 Å². The zero-order valence-electron chi connectivity index (χ0n) is 25.8. The van der Waals surface area contributed by atoms with Crippen molar-refractivity contribution in [1.29, 1.82) is 0 Å². The van der Waals surface area contributed by atoms with Crippen molar-refractivity contribution in [1.82, 2.24) is 20.3 Å². The van der Waals surface area contributed by atoms with Crippen LogP contribution >= 0.6 is 23.2 Å². The number of nitrogens with zero attached hydrogens (tertiary/aromatic N) is 1. The van der Waals surface area contributed by atoms with Crippen LogP contribution in [0.2, 0.25) is 10.0 Å². The molecule has 2 amide bonds. The molecular weight excluding hydrogens is 663 g/mol. The average Bonchev–Trinajstić information content (AvgIpc) is 3.02. The maximum atomic E-state index is 12.8. The van der Waals surface area contributed by atoms with Crippen molar-refractivity contribution in [2.45, 2.75) is 36.5 Å². The summed E-state index contributed by atoms with van der Waals surface area (Å²) >= 11 is 12.7. The maximum Gasteiger partial charge on any atom is 0.252 e. The van der Waals surface area contributed by atoms with Crippen LogP contribution in [0, 0.1) is 0 Å². The summed E-state index contributed by atoms with van der Waals surface area (Å²) in [7, 11) is -1.71. The molecule has 0 radical (unpaired) electrons. The molecule has 0 aliphatic carbocycles. The fraction of sp³-hybridized carbons (Fsp3) is 0.533. The Balaban J connectivity index is 1.27. The zero-order chi connectivity index (χ0) is 33.7. The predicted molar refractivity (Wildman–Crippen MR) is 172 cm³/mol. The van der Waals surface area contributed by atoms with Gasteiger partial charge in [0.05, 0.1) is 44.5 Å². The molecule has 2 aromatic carbocycles. The van der Waals surface area contributed by atoms with Gasteiger partial charge in [-0.25, -0.2) is 13.1 Å². The molecule has 3 atom stereocenters. The number of likely N-dealkylation sites (N-methyl/N-ethyl adjacent to an activating group) is 2. The lowest BCUT2D eigenvalue weighted by Gasteiger charge is -2.33. The minimum Gasteiger partial charge on any atom is -0.380 e. The SMILES string of the molecule is CCNC(=O)[C@@H](O)[C@H](O)C(=O)NCCOCCOCCOCCNS(=O)(=O)c1ccc([C@@H]2CN(C)Cc3c(Cl)cc(Cl)cc32)cc1. The summed E-state index contributed by atoms with van der Waals surface area (Å²) in [6.45, 7) is 4.85. The van der Waals surface area contributed by atoms with Crippen LogP contribution in [0.15, 0.2) is 41.3 Å². The van der Waals surface area contributed by atoms with Gasteiger partial charge in [-0.1, -0.05) is 35.3 Å². The van der Waals surface area contributed by atoms with Crippen molar-refractivity contribution in [2.24, 2.45) is 0 Å². The Bertz CT molecular complexity index is 1400. The van der Waals surface area contributed by atoms with Gasteiger partial charge in [0.15, 0.2) is 12.2 Å². The van der Waals surface area contributed by atoms with Gasteiger partial charge >= 0.3 is 0 Å². The van der Waals surface area contributed by atoms with Gasteiger partial charge in [0.2, 0.25) is 10.0 Å². The lowest BCUT2D eigenvalue weighted by Crippen LogP contribution is -2.49. The molecule has 256 valence electrons. The Hall–Kier alpha value is -2.37. The van der Waals surface area contributed by atoms with Crippen molar-refractivity contribution < 1.29 is 42.4 Å². The molecule has 16 heteroatoms. The van der Waals surface area contributed by atoms with E-state index in [1.54, 1.807) is 25.1 Å². The van der Waals surface area contributed by atoms with Gasteiger partial charge in [-0.2, -0.15) is 0 Å². The lowest BCUT2D eigenvalue weighted by molar-refractivity contribution is -0.146. The third kappa shape index (κ3) is 11.4. The molecule has 1 heterocycles. The first-order valence-corrected chi connectivity index (χ1v) is 17.1. The van der Waals surface area contributed by atoms with Crippen LogP contribution in [0.1, 0.15) is 29.5 Å². The topological polar surface area (TPSA) is 176 Å². The summed E-state index contributed by atoms with van der Waals surface area (Å²) in [5, 5.41) is 25.2. The van der Waals surface area contributed by atoms with Crippen LogP contribution in [0.5, 0.6) is 0 Å². The minimum absolute atomic E-state index is 0.00688. The second-order valence-electron chi connectivity index (χ2n) is 10.6. The second kappa shape index (κ2) is 18.8. The van der Waals surface area contributed by atoms with E-state index >= 15 is 0 Å². The molecule has 1 aliphatic heterocycles. The molecule has 0 saturated heterocycles. The first kappa shape index (κ1) is 38.1. The molecule has 0 unspecified atom stereocenters. The number of hydrogen-bond acceptors (Lipinski definition) is 10. The lowest BCUT2D eigenvalue weighted by atomic mass is 9.85. The molecule has 0 aromatic heterocycles. The van der Waals surface area contributed by atoms with E-state index in [9.17, 15) is 28.2 Å². The quantitative estimate of drug-likeness (QED) is 0.132. The summed E-state index contributed by atoms with van der Waals surface area (Å²) in [5.74, 6) is -1.71. The number of rotatable bonds is 19. The highest BCUT2D eigenvalue weighted by Crippen LogP contribution is 2.38. The molecule has 0 saturated carbocycles. The fourth-order valence-electron chi connectivity index (χ4n) is 4.80. The highest BCUT2D eigenvalue weighted by Gasteiger charge is 2.30. The van der Waals surface area contributed by atoms with Crippen LogP contribution in [0.3, 0.4) is 0 Å². The number of aliphatic hydroxyl groups excluding tert-OH is 2. The molecule has 5 N–H and O–H groups in total. The number of fused-ring (bicyclic) bond motifs is 1. The summed E-state index contributed by atoms with van der Waals surface area (Å²) in [4.78, 5) is 25.6. The standard InChI is InChI=1S/C30H42Cl2N4O9S/c1-3-33-29(39)27(37)28(38)30(40)34-8-10-43-12-14-45-15-13-44-11-9-35-46(41,42)22-6-4-20(5-7-22)24-18-36(2)19-25-23(24)16-21(31)17-26(25)32/h4-7,16-17,24,27-28,35,37-38H,3,8-15,18-19H2,1-2H3,(H,33,39)(H,34,40)/t24-,27-,28-/m0/s1. The normalized spacial score (nSPS) is 16.4. The van der Waals surface area contributed by atoms with Crippen LogP contribution in [-0.4, -0.2) is 120 Å². The van der Waals surface area contributed by atoms with Gasteiger partial charge < -0.3 is 40.0 Å². The van der Waals surface area contributed by atoms with Gasteiger partial charge in [-0.3, -0.25) is 9.59 Å². The third-order valence-electron chi connectivity index (χ3n) is 7.10. The summed E-state index contributed by atoms with van der Waals surface area (Å²) in [6, 6.07) is 10.5. The number of halogens is 2. The largest absolute Gasteiger partial charge is 0.380 e. The number of carbonyl (C=O) groups is 2. The van der Waals surface area contributed by atoms with Crippen molar-refractivity contribution >= 4 is 45.0 Å². The van der Waals surface area contributed by atoms with E-state index in [4.69, 9.17) is 37.4 Å². The first-order valence-electron chi connectivity index (χ1n) is 14.8. The molecule has 0 fully saturated rings. The molecule has 2 aromatic rings. The summed E-state index contributed by atoms with van der Waals surface area (Å²) in [5.41, 5.74) is 3.04. The Labute approximate surface area is 279 Å². The predicted octanol–water partition coefficient (Wildman–Crippen LogP) is 0.873. The maximum absolute atomic E-state index is 12.8. The van der Waals surface area contributed by atoms with Gasteiger partial charge in [0.1, 0.15) is 0 Å². The van der Waals surface area contributed by atoms with Gasteiger partial charge in [-0.05, 0) is 54.9 Å². The average molecular weight is 706 g/mol. The summed E-state index contributed by atoms with van der Waals surface area (Å²) in [6.07, 6.45) is -3.74. The number of aliphatic hydroxyl groups is 2. The van der Waals surface area contributed by atoms with Gasteiger partial charge in [-0.15, -0.1) is 0 Å². The number of nitrogens with one attached hydrogen (secondary N) is 3. The van der Waals surface area contributed by atoms with E-state index < -0.39 is 34.0 Å². The number of ether oxygens (including phenoxy) is 3. The molecular formula is C30H42Cl2N4O9S. The van der Waals surface area contributed by atoms with E-state index in [-0.39, 0.29) is 70.1 Å². The Morgan fingerprint density at radius 2 is 1.48 bits per heavy atom. The first-order chi connectivity index (χ1) is 21.9. The molecule has 13 nitrogen and oxygen atoms in total. The highest BCUT2D eigenvalue weighted by atomic mass is 35.5. The fourth-order valence-corrected chi connectivity index (χ4v) is 6.38. The van der Waals surface area contributed by atoms with Gasteiger partial charge in [0.25, 0.3) is 11.8 Å². The number of hydrogen-bond donors (Lipinski definition) is 5. The number of sulfonamides is 1. The van der Waals surface area contributed by atoms with Crippen LogP contribution in [0.25, 0.3) is 0 Å². The Morgan fingerprint density at radius 1 is 0.913 bits per heavy atom. The Morgan fingerprint density at radius 3 is 2.09 bits per heavy atom. The van der Waals surface area contributed by atoms with E-state index in [2.05, 4.69) is 20.3 Å². The molecule has 46 heavy (non-hydrogen) atoms. The third-order valence-corrected chi connectivity index (χ3v) is 9.13. The van der Waals surface area contributed by atoms with E-state index in [0.29, 0.717) is 16.6 Å². The molecule has 3 rings (SSSR count). The Kier molecular flexibility index (Phi) is 15.6. The smallest absolute Gasteiger partial charge is 0.252 e. The van der Waals surface area contributed by atoms with Crippen molar-refractivity contribution in [3.05, 3.63) is 63.1 Å². The zero-order valence-corrected chi connectivity index (χ0v) is 28.2. The van der Waals surface area contributed by atoms with Crippen molar-refractivity contribution in [3.63, 3.8) is 0 Å². The van der Waals surface area contributed by atoms with E-state index in [0.717, 1.165) is 23.2 Å². The minimum atomic E-state index is -3.73.